The molecule has 0 unspecified atom stereocenters. The minimum atomic E-state index is 0. The Balaban J connectivity index is 0. The molecule has 2 N–H and O–H groups in total. The molecule has 0 saturated carbocycles. The predicted octanol–water partition coefficient (Wildman–Crippen LogP) is 4.65. The molecule has 128 valence electrons. The summed E-state index contributed by atoms with van der Waals surface area (Å²) in [5.74, 6) is 0. The number of aryl methyl sites for hydroxylation is 1. The van der Waals surface area contributed by atoms with Crippen molar-refractivity contribution in [1.29, 1.82) is 0 Å². The maximum atomic E-state index is 4.50. The summed E-state index contributed by atoms with van der Waals surface area (Å²) >= 11 is 0. The summed E-state index contributed by atoms with van der Waals surface area (Å²) in [4.78, 5) is 6.63. The first-order valence-corrected chi connectivity index (χ1v) is 8.05. The van der Waals surface area contributed by atoms with Crippen LogP contribution in [-0.2, 0) is 6.54 Å². The standard InChI is InChI=1S/C17H20N2.C2H6.CH5N.H2/c1-14-4-10-17(11-5-14)18-12-15-6-8-16(9-7-15)13-19(2)3;2*1-2;/h4-12H,13H2,1-3H3;1-2H3;2H2,1H3;1H. The highest BCUT2D eigenvalue weighted by Crippen LogP contribution is 2.12. The van der Waals surface area contributed by atoms with Gasteiger partial charge in [-0.2, -0.15) is 0 Å². The van der Waals surface area contributed by atoms with E-state index in [4.69, 9.17) is 0 Å². The van der Waals surface area contributed by atoms with Gasteiger partial charge in [0.2, 0.25) is 0 Å². The minimum absolute atomic E-state index is 0. The van der Waals surface area contributed by atoms with Crippen LogP contribution in [0.5, 0.6) is 0 Å². The average Bonchev–Trinajstić information content (AvgIpc) is 2.59. The van der Waals surface area contributed by atoms with E-state index in [-0.39, 0.29) is 1.43 Å². The SMILES string of the molecule is CC.CN.Cc1ccc(N=Cc2ccc(CN(C)C)cc2)cc1.[HH]. The third-order valence-electron chi connectivity index (χ3n) is 2.88. The van der Waals surface area contributed by atoms with Crippen LogP contribution in [0, 0.1) is 6.92 Å². The van der Waals surface area contributed by atoms with Crippen molar-refractivity contribution in [2.75, 3.05) is 21.1 Å². The van der Waals surface area contributed by atoms with Crippen molar-refractivity contribution in [3.05, 3.63) is 65.2 Å². The molecule has 2 rings (SSSR count). The largest absolute Gasteiger partial charge is 0.333 e. The van der Waals surface area contributed by atoms with Crippen LogP contribution >= 0.6 is 0 Å². The third kappa shape index (κ3) is 8.91. The van der Waals surface area contributed by atoms with Gasteiger partial charge in [-0.15, -0.1) is 0 Å². The summed E-state index contributed by atoms with van der Waals surface area (Å²) in [5.41, 5.74) is 9.19. The Labute approximate surface area is 143 Å². The number of rotatable bonds is 4. The zero-order chi connectivity index (χ0) is 17.7. The maximum absolute atomic E-state index is 4.50. The van der Waals surface area contributed by atoms with Crippen molar-refractivity contribution in [2.24, 2.45) is 10.7 Å². The fourth-order valence-corrected chi connectivity index (χ4v) is 1.85. The highest BCUT2D eigenvalue weighted by atomic mass is 15.0. The molecule has 2 aromatic rings. The molecule has 0 spiro atoms. The molecular formula is C20H33N3. The molecule has 0 radical (unpaired) electrons. The lowest BCUT2D eigenvalue weighted by molar-refractivity contribution is 0.402. The number of nitrogens with zero attached hydrogens (tertiary/aromatic N) is 2. The van der Waals surface area contributed by atoms with Crippen LogP contribution in [0.2, 0.25) is 0 Å². The molecule has 0 atom stereocenters. The molecule has 0 heterocycles. The van der Waals surface area contributed by atoms with E-state index in [2.05, 4.69) is 73.0 Å². The van der Waals surface area contributed by atoms with Crippen molar-refractivity contribution in [3.8, 4) is 0 Å². The Morgan fingerprint density at radius 1 is 0.957 bits per heavy atom. The number of hydrogen-bond donors (Lipinski definition) is 1. The normalized spacial score (nSPS) is 9.91. The highest BCUT2D eigenvalue weighted by Gasteiger charge is 1.95. The van der Waals surface area contributed by atoms with Crippen LogP contribution < -0.4 is 5.73 Å². The molecule has 0 bridgehead atoms. The van der Waals surface area contributed by atoms with Gasteiger partial charge in [0.05, 0.1) is 5.69 Å². The molecular weight excluding hydrogens is 282 g/mol. The van der Waals surface area contributed by atoms with E-state index < -0.39 is 0 Å². The van der Waals surface area contributed by atoms with Crippen molar-refractivity contribution >= 4 is 11.9 Å². The van der Waals surface area contributed by atoms with Gasteiger partial charge in [0.1, 0.15) is 0 Å². The van der Waals surface area contributed by atoms with Gasteiger partial charge in [0, 0.05) is 14.2 Å². The first-order valence-electron chi connectivity index (χ1n) is 8.05. The third-order valence-corrected chi connectivity index (χ3v) is 2.88. The summed E-state index contributed by atoms with van der Waals surface area (Å²) in [7, 11) is 5.65. The molecule has 0 saturated heterocycles. The molecule has 23 heavy (non-hydrogen) atoms. The Morgan fingerprint density at radius 2 is 1.48 bits per heavy atom. The Kier molecular flexibility index (Phi) is 11.5. The molecule has 3 nitrogen and oxygen atoms in total. The van der Waals surface area contributed by atoms with Crippen molar-refractivity contribution in [2.45, 2.75) is 27.3 Å². The van der Waals surface area contributed by atoms with E-state index in [0.29, 0.717) is 0 Å². The van der Waals surface area contributed by atoms with Gasteiger partial charge >= 0.3 is 0 Å². The second-order valence-corrected chi connectivity index (χ2v) is 5.07. The van der Waals surface area contributed by atoms with Crippen molar-refractivity contribution in [3.63, 3.8) is 0 Å². The zero-order valence-corrected chi connectivity index (χ0v) is 15.4. The van der Waals surface area contributed by atoms with Gasteiger partial charge in [-0.3, -0.25) is 4.99 Å². The smallest absolute Gasteiger partial charge is 0.0630 e. The molecule has 0 aliphatic rings. The quantitative estimate of drug-likeness (QED) is 0.834. The Hall–Kier alpha value is -1.97. The summed E-state index contributed by atoms with van der Waals surface area (Å²) < 4.78 is 0. The average molecular weight is 316 g/mol. The summed E-state index contributed by atoms with van der Waals surface area (Å²) in [6.45, 7) is 7.05. The van der Waals surface area contributed by atoms with Gasteiger partial charge in [0.25, 0.3) is 0 Å². The van der Waals surface area contributed by atoms with E-state index in [0.717, 1.165) is 17.8 Å². The van der Waals surface area contributed by atoms with E-state index in [1.165, 1.54) is 18.2 Å². The minimum Gasteiger partial charge on any atom is -0.333 e. The van der Waals surface area contributed by atoms with Crippen molar-refractivity contribution in [1.82, 2.24) is 4.90 Å². The van der Waals surface area contributed by atoms with Crippen LogP contribution in [-0.4, -0.2) is 32.3 Å². The fourth-order valence-electron chi connectivity index (χ4n) is 1.85. The molecule has 0 aromatic heterocycles. The first kappa shape index (κ1) is 21.0. The Morgan fingerprint density at radius 3 is 1.96 bits per heavy atom. The number of benzene rings is 2. The number of nitrogens with two attached hydrogens (primary N) is 1. The Bertz CT molecular complexity index is 546. The van der Waals surface area contributed by atoms with Gasteiger partial charge in [-0.05, 0) is 51.3 Å². The number of aliphatic imine (C=N–C) groups is 1. The van der Waals surface area contributed by atoms with Gasteiger partial charge in [0.15, 0.2) is 0 Å². The summed E-state index contributed by atoms with van der Waals surface area (Å²) in [5, 5.41) is 0. The molecule has 2 aromatic carbocycles. The highest BCUT2D eigenvalue weighted by molar-refractivity contribution is 5.81. The fraction of sp³-hybridized carbons (Fsp3) is 0.350. The second kappa shape index (κ2) is 12.6. The topological polar surface area (TPSA) is 41.6 Å². The lowest BCUT2D eigenvalue weighted by Gasteiger charge is -2.09. The van der Waals surface area contributed by atoms with Crippen molar-refractivity contribution < 1.29 is 1.43 Å². The van der Waals surface area contributed by atoms with Crippen LogP contribution in [0.25, 0.3) is 0 Å². The van der Waals surface area contributed by atoms with Gasteiger partial charge in [-0.25, -0.2) is 0 Å². The van der Waals surface area contributed by atoms with E-state index in [1.54, 1.807) is 0 Å². The van der Waals surface area contributed by atoms with Crippen LogP contribution in [0.3, 0.4) is 0 Å². The molecule has 0 aliphatic heterocycles. The van der Waals surface area contributed by atoms with Gasteiger partial charge in [-0.1, -0.05) is 55.8 Å². The molecule has 3 heteroatoms. The maximum Gasteiger partial charge on any atom is 0.0630 e. The van der Waals surface area contributed by atoms with E-state index >= 15 is 0 Å². The van der Waals surface area contributed by atoms with Gasteiger partial charge < -0.3 is 10.6 Å². The number of hydrogen-bond acceptors (Lipinski definition) is 3. The predicted molar refractivity (Wildman–Crippen MR) is 106 cm³/mol. The van der Waals surface area contributed by atoms with E-state index in [1.807, 2.05) is 32.2 Å². The van der Waals surface area contributed by atoms with Crippen LogP contribution in [0.4, 0.5) is 5.69 Å². The first-order chi connectivity index (χ1) is 11.1. The van der Waals surface area contributed by atoms with E-state index in [9.17, 15) is 0 Å². The molecule has 0 aliphatic carbocycles. The molecule has 0 amide bonds. The molecule has 0 fully saturated rings. The van der Waals surface area contributed by atoms with Crippen LogP contribution in [0.1, 0.15) is 32.0 Å². The zero-order valence-electron chi connectivity index (χ0n) is 15.4. The second-order valence-electron chi connectivity index (χ2n) is 5.07. The lowest BCUT2D eigenvalue weighted by Crippen LogP contribution is -2.10. The lowest BCUT2D eigenvalue weighted by atomic mass is 10.1. The van der Waals surface area contributed by atoms with Crippen LogP contribution in [0.15, 0.2) is 53.5 Å². The summed E-state index contributed by atoms with van der Waals surface area (Å²) in [6.07, 6.45) is 1.91. The monoisotopic (exact) mass is 315 g/mol. The summed E-state index contributed by atoms with van der Waals surface area (Å²) in [6, 6.07) is 16.7.